The van der Waals surface area contributed by atoms with Gasteiger partial charge in [0.25, 0.3) is 0 Å². The number of rotatable bonds is 2. The summed E-state index contributed by atoms with van der Waals surface area (Å²) in [6, 6.07) is 7.38. The summed E-state index contributed by atoms with van der Waals surface area (Å²) >= 11 is 0. The van der Waals surface area contributed by atoms with Crippen molar-refractivity contribution < 1.29 is 0 Å². The lowest BCUT2D eigenvalue weighted by Crippen LogP contribution is -2.50. The van der Waals surface area contributed by atoms with Crippen LogP contribution < -0.4 is 5.73 Å². The summed E-state index contributed by atoms with van der Waals surface area (Å²) in [6.07, 6.45) is 5.53. The molecule has 2 fully saturated rings. The van der Waals surface area contributed by atoms with E-state index >= 15 is 0 Å². The van der Waals surface area contributed by atoms with Crippen molar-refractivity contribution in [3.63, 3.8) is 0 Å². The molecule has 102 valence electrons. The maximum Gasteiger partial charge on any atom is 0.0317 e. The molecule has 1 saturated heterocycles. The molecule has 4 rings (SSSR count). The summed E-state index contributed by atoms with van der Waals surface area (Å²) in [4.78, 5) is 2.79. The van der Waals surface area contributed by atoms with Crippen LogP contribution in [0.1, 0.15) is 43.2 Å². The Morgan fingerprint density at radius 1 is 1.32 bits per heavy atom. The van der Waals surface area contributed by atoms with Gasteiger partial charge in [-0.1, -0.05) is 13.0 Å². The molecule has 0 spiro atoms. The third-order valence-electron chi connectivity index (χ3n) is 5.47. The largest absolute Gasteiger partial charge is 0.399 e. The topological polar surface area (TPSA) is 29.3 Å². The van der Waals surface area contributed by atoms with Crippen LogP contribution in [0.3, 0.4) is 0 Å². The van der Waals surface area contributed by atoms with Gasteiger partial charge in [-0.25, -0.2) is 0 Å². The normalized spacial score (nSPS) is 34.1. The van der Waals surface area contributed by atoms with Crippen molar-refractivity contribution in [3.8, 4) is 0 Å². The van der Waals surface area contributed by atoms with Gasteiger partial charge >= 0.3 is 0 Å². The number of hydrogen-bond donors (Lipinski definition) is 1. The summed E-state index contributed by atoms with van der Waals surface area (Å²) in [5.74, 6) is 2.53. The molecule has 2 N–H and O–H groups in total. The van der Waals surface area contributed by atoms with E-state index < -0.39 is 0 Å². The first-order valence-corrected chi connectivity index (χ1v) is 7.83. The molecule has 2 nitrogen and oxygen atoms in total. The third-order valence-corrected chi connectivity index (χ3v) is 5.47. The first kappa shape index (κ1) is 11.8. The third kappa shape index (κ3) is 2.06. The molecule has 2 bridgehead atoms. The molecule has 0 unspecified atom stereocenters. The summed E-state index contributed by atoms with van der Waals surface area (Å²) in [5, 5.41) is 0. The number of nitrogens with two attached hydrogens (primary N) is 1. The van der Waals surface area contributed by atoms with Crippen LogP contribution in [-0.2, 0) is 6.42 Å². The molecule has 3 aliphatic rings. The maximum absolute atomic E-state index is 5.99. The average molecular weight is 256 g/mol. The molecule has 1 heterocycles. The van der Waals surface area contributed by atoms with Crippen molar-refractivity contribution in [2.75, 3.05) is 18.8 Å². The fraction of sp³-hybridized carbons (Fsp3) is 0.647. The first-order valence-electron chi connectivity index (χ1n) is 7.83. The van der Waals surface area contributed by atoms with Gasteiger partial charge in [-0.3, -0.25) is 4.90 Å². The Bertz CT molecular complexity index is 492. The quantitative estimate of drug-likeness (QED) is 0.824. The number of benzene rings is 1. The van der Waals surface area contributed by atoms with Gasteiger partial charge in [0.05, 0.1) is 0 Å². The summed E-state index contributed by atoms with van der Waals surface area (Å²) in [5.41, 5.74) is 10.0. The molecular weight excluding hydrogens is 232 g/mol. The van der Waals surface area contributed by atoms with E-state index in [9.17, 15) is 0 Å². The second-order valence-electron chi connectivity index (χ2n) is 7.03. The number of anilines is 1. The molecule has 1 aromatic rings. The fourth-order valence-corrected chi connectivity index (χ4v) is 4.22. The van der Waals surface area contributed by atoms with Crippen LogP contribution in [-0.4, -0.2) is 24.0 Å². The van der Waals surface area contributed by atoms with Crippen molar-refractivity contribution in [1.29, 1.82) is 0 Å². The second-order valence-corrected chi connectivity index (χ2v) is 7.03. The number of nitrogens with zero attached hydrogens (tertiary/aromatic N) is 1. The molecule has 0 amide bonds. The highest BCUT2D eigenvalue weighted by molar-refractivity contribution is 5.48. The summed E-state index contributed by atoms with van der Waals surface area (Å²) in [6.45, 7) is 5.07. The Morgan fingerprint density at radius 2 is 2.16 bits per heavy atom. The summed E-state index contributed by atoms with van der Waals surface area (Å²) in [7, 11) is 0. The first-order chi connectivity index (χ1) is 9.20. The highest BCUT2D eigenvalue weighted by atomic mass is 15.2. The van der Waals surface area contributed by atoms with E-state index in [1.807, 2.05) is 0 Å². The van der Waals surface area contributed by atoms with E-state index in [0.717, 1.165) is 29.5 Å². The van der Waals surface area contributed by atoms with Crippen LogP contribution in [0.4, 0.5) is 5.69 Å². The molecule has 0 radical (unpaired) electrons. The van der Waals surface area contributed by atoms with Crippen LogP contribution >= 0.6 is 0 Å². The van der Waals surface area contributed by atoms with E-state index in [2.05, 4.69) is 30.0 Å². The van der Waals surface area contributed by atoms with Gasteiger partial charge in [0, 0.05) is 24.8 Å². The van der Waals surface area contributed by atoms with Crippen LogP contribution in [0.25, 0.3) is 0 Å². The Morgan fingerprint density at radius 3 is 2.95 bits per heavy atom. The Balaban J connectivity index is 1.64. The molecule has 1 aliphatic heterocycles. The standard InChI is InChI=1S/C17H24N2/c1-11-9-19(10-12-2-3-12)15-6-13-4-5-14(18)7-17(13)16(11)8-15/h4-5,7,11-12,15-16H,2-3,6,8-10,18H2,1H3/t11-,15-,16+/m1/s1. The molecule has 1 aromatic carbocycles. The molecule has 2 aliphatic carbocycles. The fourth-order valence-electron chi connectivity index (χ4n) is 4.22. The van der Waals surface area contributed by atoms with E-state index in [1.54, 1.807) is 11.1 Å². The minimum Gasteiger partial charge on any atom is -0.399 e. The Labute approximate surface area is 116 Å². The van der Waals surface area contributed by atoms with E-state index in [1.165, 1.54) is 38.8 Å². The smallest absolute Gasteiger partial charge is 0.0317 e. The van der Waals surface area contributed by atoms with Gasteiger partial charge in [0.2, 0.25) is 0 Å². The molecule has 19 heavy (non-hydrogen) atoms. The number of nitrogen functional groups attached to an aromatic ring is 1. The van der Waals surface area contributed by atoms with Crippen LogP contribution in [0.5, 0.6) is 0 Å². The monoisotopic (exact) mass is 256 g/mol. The lowest BCUT2D eigenvalue weighted by atomic mass is 9.70. The van der Waals surface area contributed by atoms with Crippen molar-refractivity contribution in [1.82, 2.24) is 4.90 Å². The van der Waals surface area contributed by atoms with Gasteiger partial charge in [-0.15, -0.1) is 0 Å². The Kier molecular flexibility index (Phi) is 2.63. The number of hydrogen-bond acceptors (Lipinski definition) is 2. The van der Waals surface area contributed by atoms with Crippen molar-refractivity contribution >= 4 is 5.69 Å². The number of fused-ring (bicyclic) bond motifs is 4. The van der Waals surface area contributed by atoms with Gasteiger partial charge < -0.3 is 5.73 Å². The Hall–Kier alpha value is -1.02. The van der Waals surface area contributed by atoms with Crippen molar-refractivity contribution in [2.24, 2.45) is 11.8 Å². The van der Waals surface area contributed by atoms with Gasteiger partial charge in [-0.05, 0) is 66.7 Å². The highest BCUT2D eigenvalue weighted by Crippen LogP contribution is 2.44. The molecule has 1 saturated carbocycles. The zero-order chi connectivity index (χ0) is 13.0. The SMILES string of the molecule is C[C@@H]1CN(CC2CC2)[C@@H]2Cc3ccc(N)cc3[C@H]1C2. The van der Waals surface area contributed by atoms with Gasteiger partial charge in [0.15, 0.2) is 0 Å². The lowest BCUT2D eigenvalue weighted by molar-refractivity contribution is 0.0825. The summed E-state index contributed by atoms with van der Waals surface area (Å²) < 4.78 is 0. The van der Waals surface area contributed by atoms with Crippen LogP contribution in [0.15, 0.2) is 18.2 Å². The minimum atomic E-state index is 0.743. The van der Waals surface area contributed by atoms with Crippen molar-refractivity contribution in [3.05, 3.63) is 29.3 Å². The predicted molar refractivity (Wildman–Crippen MR) is 79.2 cm³/mol. The zero-order valence-corrected chi connectivity index (χ0v) is 11.8. The van der Waals surface area contributed by atoms with Crippen molar-refractivity contribution in [2.45, 2.75) is 44.6 Å². The second kappa shape index (κ2) is 4.24. The number of piperidine rings is 1. The zero-order valence-electron chi connectivity index (χ0n) is 11.8. The van der Waals surface area contributed by atoms with Gasteiger partial charge in [-0.2, -0.15) is 0 Å². The van der Waals surface area contributed by atoms with Crippen LogP contribution in [0, 0.1) is 11.8 Å². The van der Waals surface area contributed by atoms with E-state index in [0.29, 0.717) is 0 Å². The van der Waals surface area contributed by atoms with Crippen LogP contribution in [0.2, 0.25) is 0 Å². The average Bonchev–Trinajstić information content (AvgIpc) is 3.19. The number of likely N-dealkylation sites (tertiary alicyclic amines) is 1. The lowest BCUT2D eigenvalue weighted by Gasteiger charge is -2.47. The molecule has 2 heteroatoms. The van der Waals surface area contributed by atoms with E-state index in [4.69, 9.17) is 5.73 Å². The maximum atomic E-state index is 5.99. The predicted octanol–water partition coefficient (Wildman–Crippen LogP) is 3.03. The minimum absolute atomic E-state index is 0.743. The highest BCUT2D eigenvalue weighted by Gasteiger charge is 2.40. The van der Waals surface area contributed by atoms with Gasteiger partial charge in [0.1, 0.15) is 0 Å². The van der Waals surface area contributed by atoms with E-state index in [-0.39, 0.29) is 0 Å². The molecule has 3 atom stereocenters. The molecular formula is C17H24N2. The molecule has 0 aromatic heterocycles.